The first-order chi connectivity index (χ1) is 35.6. The summed E-state index contributed by atoms with van der Waals surface area (Å²) in [7, 11) is 0. The Morgan fingerprint density at radius 3 is 1.12 bits per heavy atom. The first kappa shape index (κ1) is 71.8. The Bertz CT molecular complexity index is 1670. The minimum atomic E-state index is 0. The molecule has 0 saturated carbocycles. The maximum absolute atomic E-state index is 12.3. The second-order valence-electron chi connectivity index (χ2n) is 22.4. The summed E-state index contributed by atoms with van der Waals surface area (Å²) in [4.78, 5) is 0. The van der Waals surface area contributed by atoms with Gasteiger partial charge in [-0.05, 0) is 136 Å². The van der Waals surface area contributed by atoms with Gasteiger partial charge in [-0.3, -0.25) is 0 Å². The summed E-state index contributed by atoms with van der Waals surface area (Å²) in [5.41, 5.74) is 27.5. The minimum Gasteiger partial charge on any atom is -0.493 e. The maximum atomic E-state index is 12.3. The molecule has 1 heterocycles. The molecule has 0 bridgehead atoms. The van der Waals surface area contributed by atoms with Gasteiger partial charge in [0, 0.05) is 16.7 Å². The summed E-state index contributed by atoms with van der Waals surface area (Å²) in [5, 5.41) is 0. The van der Waals surface area contributed by atoms with E-state index in [0.717, 1.165) is 74.7 Å². The van der Waals surface area contributed by atoms with Gasteiger partial charge in [-0.1, -0.05) is 253 Å². The first-order valence-electron chi connectivity index (χ1n) is 32.1. The average molecular weight is 1060 g/mol. The van der Waals surface area contributed by atoms with Crippen LogP contribution in [0.1, 0.15) is 337 Å². The Kier molecular flexibility index (Phi) is 47.6. The molecule has 1 aliphatic rings. The molecule has 2 aromatic rings. The molecule has 2 nitrogen and oxygen atoms in total. The van der Waals surface area contributed by atoms with E-state index >= 15 is 0 Å². The van der Waals surface area contributed by atoms with Gasteiger partial charge in [0.25, 0.3) is 0 Å². The molecule has 0 atom stereocenters. The SMILES string of the molecule is CCCCC=CC1=C(c2cc(C)c(C)c(C)c2)[N+](=[N-])C(c2cc(CCCC)c(CCCC)c(CCCC)c2)=C1CCCC.[CH2-]CCCCCCCCCCCCCC.[CH2-]CCCCCCCCCCCCCC.[Ni+2]. The van der Waals surface area contributed by atoms with Gasteiger partial charge in [0.2, 0.25) is 11.4 Å². The van der Waals surface area contributed by atoms with Crippen LogP contribution in [0.2, 0.25) is 0 Å². The second kappa shape index (κ2) is 49.1. The normalized spacial score (nSPS) is 12.4. The van der Waals surface area contributed by atoms with E-state index in [1.54, 1.807) is 10.3 Å². The van der Waals surface area contributed by atoms with E-state index in [0.29, 0.717) is 0 Å². The molecule has 0 amide bonds. The van der Waals surface area contributed by atoms with Crippen LogP contribution < -0.4 is 0 Å². The molecule has 3 heteroatoms. The van der Waals surface area contributed by atoms with Gasteiger partial charge in [0.1, 0.15) is 0 Å². The topological polar surface area (TPSA) is 25.3 Å². The second-order valence-corrected chi connectivity index (χ2v) is 22.4. The first-order valence-corrected chi connectivity index (χ1v) is 32.1. The van der Waals surface area contributed by atoms with Crippen molar-refractivity contribution in [3.05, 3.63) is 111 Å². The molecule has 0 N–H and O–H groups in total. The van der Waals surface area contributed by atoms with Crippen LogP contribution >= 0.6 is 0 Å². The van der Waals surface area contributed by atoms with E-state index in [1.165, 1.54) is 250 Å². The van der Waals surface area contributed by atoms with Gasteiger partial charge >= 0.3 is 16.5 Å². The molecule has 74 heavy (non-hydrogen) atoms. The van der Waals surface area contributed by atoms with Crippen LogP contribution in [-0.4, -0.2) is 4.70 Å². The molecule has 0 fully saturated rings. The number of rotatable bonds is 42. The Balaban J connectivity index is 0.00000141. The maximum Gasteiger partial charge on any atom is 2.00 e. The molecule has 0 unspecified atom stereocenters. The van der Waals surface area contributed by atoms with Crippen LogP contribution in [-0.2, 0) is 35.8 Å². The van der Waals surface area contributed by atoms with Crippen LogP contribution in [0, 0.1) is 34.6 Å². The molecule has 0 spiro atoms. The zero-order chi connectivity index (χ0) is 53.7. The van der Waals surface area contributed by atoms with E-state index in [-0.39, 0.29) is 16.5 Å². The molecule has 3 rings (SSSR count). The molecule has 0 radical (unpaired) electrons. The van der Waals surface area contributed by atoms with Gasteiger partial charge in [-0.15, -0.1) is 0 Å². The van der Waals surface area contributed by atoms with Crippen molar-refractivity contribution in [3.8, 4) is 0 Å². The number of hydrogen-bond acceptors (Lipinski definition) is 0. The molecule has 1 aliphatic heterocycles. The Morgan fingerprint density at radius 2 is 0.743 bits per heavy atom. The van der Waals surface area contributed by atoms with E-state index in [2.05, 4.69) is 120 Å². The largest absolute Gasteiger partial charge is 2.00 e. The van der Waals surface area contributed by atoms with Crippen LogP contribution in [0.4, 0.5) is 0 Å². The zero-order valence-corrected chi connectivity index (χ0v) is 52.1. The summed E-state index contributed by atoms with van der Waals surface area (Å²) in [5.74, 6) is 0. The fraction of sp³-hybridized carbons (Fsp3) is 0.718. The van der Waals surface area contributed by atoms with Gasteiger partial charge in [0.05, 0.1) is 5.57 Å². The molecular weight excluding hydrogens is 939 g/mol. The number of unbranched alkanes of at least 4 members (excludes halogenated alkanes) is 30. The van der Waals surface area contributed by atoms with Crippen molar-refractivity contribution in [2.75, 3.05) is 0 Å². The molecule has 0 saturated heterocycles. The molecular formula is C71H122N2Ni. The van der Waals surface area contributed by atoms with Crippen molar-refractivity contribution in [2.24, 2.45) is 0 Å². The predicted octanol–water partition coefficient (Wildman–Crippen LogP) is 24.6. The number of nitrogens with zero attached hydrogens (tertiary/aromatic N) is 2. The quantitative estimate of drug-likeness (QED) is 0.0274. The number of aryl methyl sites for hydroxylation is 4. The minimum absolute atomic E-state index is 0. The van der Waals surface area contributed by atoms with Gasteiger partial charge < -0.3 is 19.4 Å². The number of benzene rings is 2. The predicted molar refractivity (Wildman–Crippen MR) is 331 cm³/mol. The van der Waals surface area contributed by atoms with Crippen LogP contribution in [0.5, 0.6) is 0 Å². The van der Waals surface area contributed by atoms with Gasteiger partial charge in [-0.2, -0.15) is 12.8 Å². The van der Waals surface area contributed by atoms with Crippen molar-refractivity contribution >= 4 is 11.4 Å². The molecule has 2 aromatic carbocycles. The van der Waals surface area contributed by atoms with Crippen molar-refractivity contribution in [1.29, 1.82) is 0 Å². The van der Waals surface area contributed by atoms with Crippen molar-refractivity contribution in [1.82, 2.24) is 0 Å². The number of hydrogen-bond donors (Lipinski definition) is 0. The third kappa shape index (κ3) is 30.6. The third-order valence-corrected chi connectivity index (χ3v) is 15.6. The van der Waals surface area contributed by atoms with Gasteiger partial charge in [0.15, 0.2) is 0 Å². The van der Waals surface area contributed by atoms with E-state index in [9.17, 15) is 5.53 Å². The average Bonchev–Trinajstić information content (AvgIpc) is 3.67. The summed E-state index contributed by atoms with van der Waals surface area (Å²) in [6.07, 6.45) is 58.7. The van der Waals surface area contributed by atoms with E-state index in [1.807, 2.05) is 0 Å². The summed E-state index contributed by atoms with van der Waals surface area (Å²) in [6, 6.07) is 9.45. The summed E-state index contributed by atoms with van der Waals surface area (Å²) >= 11 is 0. The fourth-order valence-electron chi connectivity index (χ4n) is 10.5. The molecule has 0 aromatic heterocycles. The number of allylic oxidation sites excluding steroid dienone is 4. The monoisotopic (exact) mass is 1060 g/mol. The Morgan fingerprint density at radius 1 is 0.405 bits per heavy atom. The Hall–Kier alpha value is -2.25. The standard InChI is InChI=1S/C41H60N2.2C15H31.Ni/c1-9-14-19-20-25-39-38(24-18-13-5)41(43(42)40(39)35-26-30(6)32(8)31(7)27-35)36-28-33(21-15-10-2)37(23-17-12-4)34(29-36)22-16-11-3;2*1-3-5-7-9-11-13-15-14-12-10-8-6-4-2;/h20,25-29H,9-19,21-24H2,1-8H3;2*1,3-15H2,2H3;/q;2*-1;+2. The van der Waals surface area contributed by atoms with Crippen LogP contribution in [0.15, 0.2) is 47.6 Å². The van der Waals surface area contributed by atoms with E-state index in [4.69, 9.17) is 0 Å². The molecule has 426 valence electrons. The fourth-order valence-corrected chi connectivity index (χ4v) is 10.5. The zero-order valence-electron chi connectivity index (χ0n) is 51.1. The summed E-state index contributed by atoms with van der Waals surface area (Å²) in [6.45, 7) is 30.3. The third-order valence-electron chi connectivity index (χ3n) is 15.6. The van der Waals surface area contributed by atoms with Crippen molar-refractivity contribution in [3.63, 3.8) is 0 Å². The van der Waals surface area contributed by atoms with Crippen LogP contribution in [0.25, 0.3) is 16.9 Å². The molecule has 0 aliphatic carbocycles. The smallest absolute Gasteiger partial charge is 0.493 e. The van der Waals surface area contributed by atoms with Gasteiger partial charge in [-0.25, -0.2) is 4.70 Å². The van der Waals surface area contributed by atoms with Crippen LogP contribution in [0.3, 0.4) is 0 Å². The van der Waals surface area contributed by atoms with Crippen molar-refractivity contribution in [2.45, 2.75) is 332 Å². The summed E-state index contributed by atoms with van der Waals surface area (Å²) < 4.78 is 1.57. The van der Waals surface area contributed by atoms with Crippen molar-refractivity contribution < 1.29 is 21.2 Å². The van der Waals surface area contributed by atoms with E-state index < -0.39 is 0 Å². The Labute approximate surface area is 473 Å².